The number of aliphatic hydroxyl groups is 1. The summed E-state index contributed by atoms with van der Waals surface area (Å²) in [7, 11) is 0. The van der Waals surface area contributed by atoms with Crippen molar-refractivity contribution in [2.75, 3.05) is 6.61 Å². The molecule has 1 aromatic heterocycles. The second-order valence-corrected chi connectivity index (χ2v) is 8.75. The van der Waals surface area contributed by atoms with E-state index in [-0.39, 0.29) is 24.5 Å². The number of carbonyl (C=O) groups excluding carboxylic acids is 1. The van der Waals surface area contributed by atoms with Crippen LogP contribution in [0.25, 0.3) is 16.8 Å². The smallest absolute Gasteiger partial charge is 0.251 e. The fraction of sp³-hybridized carbons (Fsp3) is 0.417. The van der Waals surface area contributed by atoms with Crippen LogP contribution >= 0.6 is 0 Å². The van der Waals surface area contributed by atoms with Gasteiger partial charge in [0.15, 0.2) is 5.82 Å². The molecule has 2 N–H and O–H groups in total. The third-order valence-electron chi connectivity index (χ3n) is 5.25. The maximum Gasteiger partial charge on any atom is 0.251 e. The third kappa shape index (κ3) is 5.55. The summed E-state index contributed by atoms with van der Waals surface area (Å²) in [6, 6.07) is 13.5. The van der Waals surface area contributed by atoms with E-state index in [0.717, 1.165) is 29.1 Å². The molecule has 0 aliphatic rings. The standard InChI is InChI=1S/C24H31N5O2/c1-15(2)10-23-26-27-28-29(23)21-12-19(18-8-6-17(5)7-9-18)11-20(13-21)24(31)25-22(14-30)16(3)4/h6-9,11-13,15-16,22,30H,10,14H2,1-5H3,(H,25,31)/t22-/m0/s1. The van der Waals surface area contributed by atoms with Crippen LogP contribution in [-0.2, 0) is 6.42 Å². The van der Waals surface area contributed by atoms with E-state index >= 15 is 0 Å². The molecule has 31 heavy (non-hydrogen) atoms. The first-order chi connectivity index (χ1) is 14.8. The van der Waals surface area contributed by atoms with Crippen molar-refractivity contribution in [3.05, 3.63) is 59.4 Å². The zero-order valence-corrected chi connectivity index (χ0v) is 18.8. The molecular weight excluding hydrogens is 390 g/mol. The van der Waals surface area contributed by atoms with Crippen molar-refractivity contribution in [1.82, 2.24) is 25.5 Å². The largest absolute Gasteiger partial charge is 0.394 e. The molecule has 0 fully saturated rings. The molecule has 164 valence electrons. The van der Waals surface area contributed by atoms with E-state index in [1.165, 1.54) is 5.56 Å². The fourth-order valence-corrected chi connectivity index (χ4v) is 3.35. The third-order valence-corrected chi connectivity index (χ3v) is 5.25. The Morgan fingerprint density at radius 3 is 2.39 bits per heavy atom. The maximum absolute atomic E-state index is 13.1. The number of tetrazole rings is 1. The predicted octanol–water partition coefficient (Wildman–Crippen LogP) is 3.58. The molecule has 0 aliphatic heterocycles. The summed E-state index contributed by atoms with van der Waals surface area (Å²) >= 11 is 0. The number of hydrogen-bond donors (Lipinski definition) is 2. The average Bonchev–Trinajstić information content (AvgIpc) is 3.19. The lowest BCUT2D eigenvalue weighted by Crippen LogP contribution is -2.41. The molecule has 0 bridgehead atoms. The highest BCUT2D eigenvalue weighted by Gasteiger charge is 2.19. The van der Waals surface area contributed by atoms with Crippen molar-refractivity contribution in [2.24, 2.45) is 11.8 Å². The van der Waals surface area contributed by atoms with E-state index in [9.17, 15) is 9.90 Å². The lowest BCUT2D eigenvalue weighted by molar-refractivity contribution is 0.0897. The minimum Gasteiger partial charge on any atom is -0.394 e. The number of aromatic nitrogens is 4. The molecule has 3 rings (SSSR count). The van der Waals surface area contributed by atoms with Gasteiger partial charge in [0.2, 0.25) is 0 Å². The topological polar surface area (TPSA) is 92.9 Å². The van der Waals surface area contributed by atoms with Gasteiger partial charge in [0.05, 0.1) is 18.3 Å². The molecular formula is C24H31N5O2. The summed E-state index contributed by atoms with van der Waals surface area (Å²) in [6.07, 6.45) is 0.725. The van der Waals surface area contributed by atoms with Gasteiger partial charge in [0.25, 0.3) is 5.91 Å². The molecule has 7 nitrogen and oxygen atoms in total. The summed E-state index contributed by atoms with van der Waals surface area (Å²) in [6.45, 7) is 10.1. The van der Waals surface area contributed by atoms with Crippen LogP contribution < -0.4 is 5.32 Å². The van der Waals surface area contributed by atoms with E-state index in [0.29, 0.717) is 11.5 Å². The first kappa shape index (κ1) is 22.6. The van der Waals surface area contributed by atoms with Crippen LogP contribution in [0.5, 0.6) is 0 Å². The van der Waals surface area contributed by atoms with E-state index in [2.05, 4.69) is 34.7 Å². The second-order valence-electron chi connectivity index (χ2n) is 8.75. The molecule has 0 saturated heterocycles. The molecule has 1 amide bonds. The van der Waals surface area contributed by atoms with Crippen molar-refractivity contribution in [2.45, 2.75) is 47.1 Å². The maximum atomic E-state index is 13.1. The summed E-state index contributed by atoms with van der Waals surface area (Å²) < 4.78 is 1.69. The molecule has 7 heteroatoms. The number of benzene rings is 2. The lowest BCUT2D eigenvalue weighted by Gasteiger charge is -2.20. The summed E-state index contributed by atoms with van der Waals surface area (Å²) in [5, 5.41) is 24.8. The number of nitrogens with zero attached hydrogens (tertiary/aromatic N) is 4. The predicted molar refractivity (Wildman–Crippen MR) is 121 cm³/mol. The number of carbonyl (C=O) groups is 1. The van der Waals surface area contributed by atoms with Crippen molar-refractivity contribution >= 4 is 5.91 Å². The minimum absolute atomic E-state index is 0.112. The highest BCUT2D eigenvalue weighted by Crippen LogP contribution is 2.25. The number of nitrogens with one attached hydrogen (secondary N) is 1. The molecule has 0 saturated carbocycles. The van der Waals surface area contributed by atoms with Crippen LogP contribution in [0.1, 0.15) is 49.4 Å². The molecule has 3 aromatic rings. The van der Waals surface area contributed by atoms with Crippen LogP contribution in [-0.4, -0.2) is 43.9 Å². The van der Waals surface area contributed by atoms with Crippen LogP contribution in [0.2, 0.25) is 0 Å². The SMILES string of the molecule is Cc1ccc(-c2cc(C(=O)N[C@@H](CO)C(C)C)cc(-n3nnnc3CC(C)C)c2)cc1. The molecule has 1 atom stereocenters. The van der Waals surface area contributed by atoms with Gasteiger partial charge in [-0.2, -0.15) is 4.68 Å². The Bertz CT molecular complexity index is 1020. The molecule has 0 unspecified atom stereocenters. The Labute approximate surface area is 183 Å². The molecule has 1 heterocycles. The molecule has 0 spiro atoms. The minimum atomic E-state index is -0.316. The number of rotatable bonds is 8. The molecule has 0 aliphatic carbocycles. The zero-order valence-electron chi connectivity index (χ0n) is 18.8. The van der Waals surface area contributed by atoms with Crippen LogP contribution in [0.3, 0.4) is 0 Å². The first-order valence-corrected chi connectivity index (χ1v) is 10.7. The van der Waals surface area contributed by atoms with Crippen molar-refractivity contribution in [1.29, 1.82) is 0 Å². The zero-order chi connectivity index (χ0) is 22.5. The Hall–Kier alpha value is -3.06. The quantitative estimate of drug-likeness (QED) is 0.580. The van der Waals surface area contributed by atoms with Crippen molar-refractivity contribution < 1.29 is 9.90 Å². The summed E-state index contributed by atoms with van der Waals surface area (Å²) in [4.78, 5) is 13.1. The highest BCUT2D eigenvalue weighted by molar-refractivity contribution is 5.96. The van der Waals surface area contributed by atoms with Gasteiger partial charge >= 0.3 is 0 Å². The van der Waals surface area contributed by atoms with Crippen molar-refractivity contribution in [3.63, 3.8) is 0 Å². The second kappa shape index (κ2) is 9.83. The van der Waals surface area contributed by atoms with E-state index in [1.54, 1.807) is 10.7 Å². The van der Waals surface area contributed by atoms with Crippen LogP contribution in [0.15, 0.2) is 42.5 Å². The Morgan fingerprint density at radius 2 is 1.77 bits per heavy atom. The van der Waals surface area contributed by atoms with E-state index in [4.69, 9.17) is 0 Å². The molecule has 0 radical (unpaired) electrons. The van der Waals surface area contributed by atoms with Crippen LogP contribution in [0.4, 0.5) is 0 Å². The number of aryl methyl sites for hydroxylation is 1. The normalized spacial score (nSPS) is 12.4. The summed E-state index contributed by atoms with van der Waals surface area (Å²) in [5.74, 6) is 1.02. The highest BCUT2D eigenvalue weighted by atomic mass is 16.3. The van der Waals surface area contributed by atoms with Gasteiger partial charge in [-0.1, -0.05) is 57.5 Å². The monoisotopic (exact) mass is 421 g/mol. The first-order valence-electron chi connectivity index (χ1n) is 10.7. The Kier molecular flexibility index (Phi) is 7.17. The van der Waals surface area contributed by atoms with E-state index < -0.39 is 0 Å². The Balaban J connectivity index is 2.07. The van der Waals surface area contributed by atoms with Gasteiger partial charge in [-0.15, -0.1) is 5.10 Å². The van der Waals surface area contributed by atoms with Gasteiger partial charge < -0.3 is 10.4 Å². The van der Waals surface area contributed by atoms with Crippen molar-refractivity contribution in [3.8, 4) is 16.8 Å². The number of amides is 1. The molecule has 2 aromatic carbocycles. The summed E-state index contributed by atoms with van der Waals surface area (Å²) in [5.41, 5.74) is 4.30. The van der Waals surface area contributed by atoms with Gasteiger partial charge in [0.1, 0.15) is 0 Å². The lowest BCUT2D eigenvalue weighted by atomic mass is 9.99. The number of hydrogen-bond acceptors (Lipinski definition) is 5. The van der Waals surface area contributed by atoms with Gasteiger partial charge in [0, 0.05) is 12.0 Å². The number of aliphatic hydroxyl groups excluding tert-OH is 1. The Morgan fingerprint density at radius 1 is 1.06 bits per heavy atom. The van der Waals surface area contributed by atoms with E-state index in [1.807, 2.05) is 57.2 Å². The van der Waals surface area contributed by atoms with Gasteiger partial charge in [-0.25, -0.2) is 0 Å². The average molecular weight is 422 g/mol. The fourth-order valence-electron chi connectivity index (χ4n) is 3.35. The van der Waals surface area contributed by atoms with Gasteiger partial charge in [-0.05, 0) is 58.5 Å². The van der Waals surface area contributed by atoms with Crippen LogP contribution in [0, 0.1) is 18.8 Å². The van der Waals surface area contributed by atoms with Gasteiger partial charge in [-0.3, -0.25) is 4.79 Å².